The van der Waals surface area contributed by atoms with Gasteiger partial charge in [-0.05, 0) is 56.6 Å². The fourth-order valence-electron chi connectivity index (χ4n) is 2.30. The summed E-state index contributed by atoms with van der Waals surface area (Å²) in [5, 5.41) is 2.98. The highest BCUT2D eigenvalue weighted by atomic mass is 16.1. The molecular weight excluding hydrogens is 226 g/mol. The SMILES string of the molecule is CN1CCC(CC(=O)NCc2ccncc2)CC1. The van der Waals surface area contributed by atoms with Crippen molar-refractivity contribution in [3.8, 4) is 0 Å². The highest BCUT2D eigenvalue weighted by molar-refractivity contribution is 5.76. The predicted molar refractivity (Wildman–Crippen MR) is 70.9 cm³/mol. The number of amides is 1. The van der Waals surface area contributed by atoms with Crippen LogP contribution in [0.3, 0.4) is 0 Å². The van der Waals surface area contributed by atoms with Gasteiger partial charge in [0.2, 0.25) is 5.91 Å². The molecule has 0 aliphatic carbocycles. The van der Waals surface area contributed by atoms with E-state index in [-0.39, 0.29) is 5.91 Å². The van der Waals surface area contributed by atoms with Crippen molar-refractivity contribution in [2.24, 2.45) is 5.92 Å². The number of hydrogen-bond acceptors (Lipinski definition) is 3. The zero-order valence-corrected chi connectivity index (χ0v) is 10.9. The van der Waals surface area contributed by atoms with Crippen LogP contribution in [0, 0.1) is 5.92 Å². The highest BCUT2D eigenvalue weighted by Gasteiger charge is 2.19. The number of nitrogens with zero attached hydrogens (tertiary/aromatic N) is 2. The molecule has 4 heteroatoms. The molecule has 1 saturated heterocycles. The maximum atomic E-state index is 11.8. The summed E-state index contributed by atoms with van der Waals surface area (Å²) in [5.74, 6) is 0.722. The first-order valence-electron chi connectivity index (χ1n) is 6.58. The van der Waals surface area contributed by atoms with Gasteiger partial charge in [0, 0.05) is 25.4 Å². The predicted octanol–water partition coefficient (Wildman–Crippen LogP) is 1.43. The minimum atomic E-state index is 0.168. The Morgan fingerprint density at radius 2 is 2.06 bits per heavy atom. The normalized spacial score (nSPS) is 17.6. The van der Waals surface area contributed by atoms with Gasteiger partial charge >= 0.3 is 0 Å². The van der Waals surface area contributed by atoms with Crippen molar-refractivity contribution in [1.29, 1.82) is 0 Å². The van der Waals surface area contributed by atoms with Gasteiger partial charge in [-0.15, -0.1) is 0 Å². The monoisotopic (exact) mass is 247 g/mol. The topological polar surface area (TPSA) is 45.2 Å². The molecule has 0 saturated carbocycles. The van der Waals surface area contributed by atoms with Gasteiger partial charge in [0.25, 0.3) is 0 Å². The standard InChI is InChI=1S/C14H21N3O/c1-17-8-4-12(5-9-17)10-14(18)16-11-13-2-6-15-7-3-13/h2-3,6-7,12H,4-5,8-11H2,1H3,(H,16,18). The zero-order valence-electron chi connectivity index (χ0n) is 10.9. The number of rotatable bonds is 4. The quantitative estimate of drug-likeness (QED) is 0.875. The summed E-state index contributed by atoms with van der Waals surface area (Å²) in [6.07, 6.45) is 6.44. The number of nitrogens with one attached hydrogen (secondary N) is 1. The van der Waals surface area contributed by atoms with E-state index in [0.29, 0.717) is 18.9 Å². The lowest BCUT2D eigenvalue weighted by Crippen LogP contribution is -2.33. The Bertz CT molecular complexity index is 372. The van der Waals surface area contributed by atoms with Crippen LogP contribution in [0.4, 0.5) is 0 Å². The van der Waals surface area contributed by atoms with Crippen molar-refractivity contribution < 1.29 is 4.79 Å². The molecule has 1 aliphatic rings. The molecule has 1 amide bonds. The molecule has 1 aliphatic heterocycles. The van der Waals surface area contributed by atoms with Gasteiger partial charge in [0.1, 0.15) is 0 Å². The van der Waals surface area contributed by atoms with E-state index >= 15 is 0 Å². The fourth-order valence-corrected chi connectivity index (χ4v) is 2.30. The van der Waals surface area contributed by atoms with Gasteiger partial charge in [0.15, 0.2) is 0 Å². The van der Waals surface area contributed by atoms with E-state index in [1.807, 2.05) is 12.1 Å². The molecule has 1 fully saturated rings. The number of carbonyl (C=O) groups is 1. The molecule has 98 valence electrons. The van der Waals surface area contributed by atoms with Crippen LogP contribution in [0.2, 0.25) is 0 Å². The Kier molecular flexibility index (Phi) is 4.70. The second-order valence-electron chi connectivity index (χ2n) is 5.08. The molecule has 0 spiro atoms. The first-order valence-corrected chi connectivity index (χ1v) is 6.58. The van der Waals surface area contributed by atoms with Crippen LogP contribution in [-0.4, -0.2) is 35.9 Å². The zero-order chi connectivity index (χ0) is 12.8. The average Bonchev–Trinajstić information content (AvgIpc) is 2.40. The van der Waals surface area contributed by atoms with Crippen LogP contribution in [-0.2, 0) is 11.3 Å². The van der Waals surface area contributed by atoms with Crippen LogP contribution in [0.5, 0.6) is 0 Å². The van der Waals surface area contributed by atoms with E-state index in [1.54, 1.807) is 12.4 Å². The van der Waals surface area contributed by atoms with E-state index in [2.05, 4.69) is 22.2 Å². The molecule has 0 bridgehead atoms. The second-order valence-corrected chi connectivity index (χ2v) is 5.08. The van der Waals surface area contributed by atoms with E-state index in [9.17, 15) is 4.79 Å². The number of carbonyl (C=O) groups excluding carboxylic acids is 1. The van der Waals surface area contributed by atoms with Crippen molar-refractivity contribution in [3.63, 3.8) is 0 Å². The molecule has 18 heavy (non-hydrogen) atoms. The molecule has 0 aromatic carbocycles. The van der Waals surface area contributed by atoms with Crippen molar-refractivity contribution in [2.75, 3.05) is 20.1 Å². The maximum absolute atomic E-state index is 11.8. The summed E-state index contributed by atoms with van der Waals surface area (Å²) < 4.78 is 0. The summed E-state index contributed by atoms with van der Waals surface area (Å²) in [6, 6.07) is 3.85. The Morgan fingerprint density at radius 1 is 1.39 bits per heavy atom. The van der Waals surface area contributed by atoms with Gasteiger partial charge in [-0.2, -0.15) is 0 Å². The molecule has 0 radical (unpaired) electrons. The van der Waals surface area contributed by atoms with E-state index in [1.165, 1.54) is 0 Å². The summed E-state index contributed by atoms with van der Waals surface area (Å²) in [6.45, 7) is 2.83. The average molecular weight is 247 g/mol. The fraction of sp³-hybridized carbons (Fsp3) is 0.571. The van der Waals surface area contributed by atoms with E-state index < -0.39 is 0 Å². The lowest BCUT2D eigenvalue weighted by Gasteiger charge is -2.28. The number of aromatic nitrogens is 1. The maximum Gasteiger partial charge on any atom is 0.220 e. The van der Waals surface area contributed by atoms with Gasteiger partial charge in [-0.1, -0.05) is 0 Å². The Hall–Kier alpha value is -1.42. The minimum Gasteiger partial charge on any atom is -0.352 e. The summed E-state index contributed by atoms with van der Waals surface area (Å²) in [5.41, 5.74) is 1.10. The lowest BCUT2D eigenvalue weighted by atomic mass is 9.93. The van der Waals surface area contributed by atoms with Crippen molar-refractivity contribution in [2.45, 2.75) is 25.8 Å². The Morgan fingerprint density at radius 3 is 2.72 bits per heavy atom. The van der Waals surface area contributed by atoms with Crippen LogP contribution in [0.15, 0.2) is 24.5 Å². The molecule has 4 nitrogen and oxygen atoms in total. The second kappa shape index (κ2) is 6.50. The van der Waals surface area contributed by atoms with Crippen molar-refractivity contribution in [3.05, 3.63) is 30.1 Å². The van der Waals surface area contributed by atoms with Gasteiger partial charge in [0.05, 0.1) is 0 Å². The van der Waals surface area contributed by atoms with Crippen LogP contribution < -0.4 is 5.32 Å². The van der Waals surface area contributed by atoms with Crippen molar-refractivity contribution >= 4 is 5.91 Å². The molecule has 2 heterocycles. The summed E-state index contributed by atoms with van der Waals surface area (Å²) >= 11 is 0. The number of piperidine rings is 1. The van der Waals surface area contributed by atoms with Gasteiger partial charge < -0.3 is 10.2 Å². The number of pyridine rings is 1. The summed E-state index contributed by atoms with van der Waals surface area (Å²) in [7, 11) is 2.14. The molecular formula is C14H21N3O. The molecule has 1 N–H and O–H groups in total. The summed E-state index contributed by atoms with van der Waals surface area (Å²) in [4.78, 5) is 18.1. The van der Waals surface area contributed by atoms with Gasteiger partial charge in [-0.25, -0.2) is 0 Å². The highest BCUT2D eigenvalue weighted by Crippen LogP contribution is 2.19. The Labute approximate surface area is 108 Å². The van der Waals surface area contributed by atoms with Crippen molar-refractivity contribution in [1.82, 2.24) is 15.2 Å². The van der Waals surface area contributed by atoms with Crippen LogP contribution >= 0.6 is 0 Å². The lowest BCUT2D eigenvalue weighted by molar-refractivity contribution is -0.122. The van der Waals surface area contributed by atoms with Gasteiger partial charge in [-0.3, -0.25) is 9.78 Å². The Balaban J connectivity index is 1.69. The minimum absolute atomic E-state index is 0.168. The molecule has 1 aromatic heterocycles. The van der Waals surface area contributed by atoms with Crippen LogP contribution in [0.25, 0.3) is 0 Å². The van der Waals surface area contributed by atoms with E-state index in [0.717, 1.165) is 31.5 Å². The number of likely N-dealkylation sites (tertiary alicyclic amines) is 1. The molecule has 2 rings (SSSR count). The third-order valence-corrected chi connectivity index (χ3v) is 3.55. The third-order valence-electron chi connectivity index (χ3n) is 3.55. The first kappa shape index (κ1) is 13.0. The largest absolute Gasteiger partial charge is 0.352 e. The first-order chi connectivity index (χ1) is 8.74. The molecule has 0 unspecified atom stereocenters. The third kappa shape index (κ3) is 4.11. The molecule has 1 aromatic rings. The van der Waals surface area contributed by atoms with Crippen LogP contribution in [0.1, 0.15) is 24.8 Å². The smallest absolute Gasteiger partial charge is 0.220 e. The van der Waals surface area contributed by atoms with E-state index in [4.69, 9.17) is 0 Å². The number of hydrogen-bond donors (Lipinski definition) is 1. The molecule has 0 atom stereocenters.